The Kier molecular flexibility index (Phi) is 3.49. The fourth-order valence-electron chi connectivity index (χ4n) is 3.77. The topological polar surface area (TPSA) is 65.2 Å². The predicted molar refractivity (Wildman–Crippen MR) is 98.1 cm³/mol. The Morgan fingerprint density at radius 1 is 1.16 bits per heavy atom. The summed E-state index contributed by atoms with van der Waals surface area (Å²) in [4.78, 5) is 15.8. The lowest BCUT2D eigenvalue weighted by molar-refractivity contribution is 0.0392. The Morgan fingerprint density at radius 3 is 2.76 bits per heavy atom. The van der Waals surface area contributed by atoms with Crippen LogP contribution >= 0.6 is 0 Å². The fourth-order valence-corrected chi connectivity index (χ4v) is 3.77. The molecule has 1 amide bonds. The Hall–Kier alpha value is -2.88. The first-order chi connectivity index (χ1) is 11.9. The number of pyridine rings is 1. The average molecular weight is 332 g/mol. The summed E-state index contributed by atoms with van der Waals surface area (Å²) in [6, 6.07) is 16.5. The van der Waals surface area contributed by atoms with Crippen LogP contribution in [0.1, 0.15) is 31.1 Å². The predicted octanol–water partition coefficient (Wildman–Crippen LogP) is 4.62. The zero-order valence-corrected chi connectivity index (χ0v) is 14.3. The van der Waals surface area contributed by atoms with Gasteiger partial charge in [-0.05, 0) is 35.2 Å². The highest BCUT2D eigenvalue weighted by Gasteiger charge is 2.41. The Labute approximate surface area is 146 Å². The van der Waals surface area contributed by atoms with E-state index in [9.17, 15) is 4.79 Å². The Morgan fingerprint density at radius 2 is 1.96 bits per heavy atom. The number of nitrogens with zero attached hydrogens (tertiary/aromatic N) is 1. The van der Waals surface area contributed by atoms with Crippen molar-refractivity contribution in [3.8, 4) is 11.1 Å². The van der Waals surface area contributed by atoms with Crippen molar-refractivity contribution in [2.45, 2.75) is 26.4 Å². The second-order valence-corrected chi connectivity index (χ2v) is 7.31. The molecule has 0 aliphatic heterocycles. The molecule has 25 heavy (non-hydrogen) atoms. The lowest BCUT2D eigenvalue weighted by Crippen LogP contribution is -2.25. The summed E-state index contributed by atoms with van der Waals surface area (Å²) in [5.74, 6) is 0. The molecule has 0 bridgehead atoms. The molecule has 4 rings (SSSR count). The number of carbonyl (C=O) groups excluding carboxylic acids is 1. The van der Waals surface area contributed by atoms with Crippen molar-refractivity contribution in [2.75, 3.05) is 0 Å². The third-order valence-corrected chi connectivity index (χ3v) is 4.94. The number of para-hydroxylation sites is 1. The van der Waals surface area contributed by atoms with Gasteiger partial charge in [-0.1, -0.05) is 50.2 Å². The van der Waals surface area contributed by atoms with E-state index in [1.807, 2.05) is 30.5 Å². The van der Waals surface area contributed by atoms with Crippen LogP contribution < -0.4 is 5.73 Å². The van der Waals surface area contributed by atoms with E-state index >= 15 is 0 Å². The zero-order chi connectivity index (χ0) is 17.6. The standard InChI is InChI=1S/C21H20N2O2/c1-21(2)11-15-9-13(7-8-17(15)19(21)25-20(22)24)16-10-14-5-3-4-6-18(14)23-12-16/h3-10,12,19H,11H2,1-2H3,(H2,22,24). The maximum atomic E-state index is 11.3. The molecule has 2 N–H and O–H groups in total. The first kappa shape index (κ1) is 15.6. The first-order valence-electron chi connectivity index (χ1n) is 8.38. The molecule has 1 aliphatic carbocycles. The van der Waals surface area contributed by atoms with E-state index < -0.39 is 6.09 Å². The van der Waals surface area contributed by atoms with Crippen LogP contribution in [0.25, 0.3) is 22.0 Å². The molecule has 126 valence electrons. The molecule has 0 spiro atoms. The van der Waals surface area contributed by atoms with E-state index in [4.69, 9.17) is 10.5 Å². The molecule has 2 aromatic carbocycles. The lowest BCUT2D eigenvalue weighted by Gasteiger charge is -2.26. The van der Waals surface area contributed by atoms with E-state index in [0.29, 0.717) is 0 Å². The summed E-state index contributed by atoms with van der Waals surface area (Å²) < 4.78 is 5.38. The molecule has 0 radical (unpaired) electrons. The quantitative estimate of drug-likeness (QED) is 0.744. The minimum Gasteiger partial charge on any atom is -0.441 e. The zero-order valence-electron chi connectivity index (χ0n) is 14.3. The lowest BCUT2D eigenvalue weighted by atomic mass is 9.87. The third-order valence-electron chi connectivity index (χ3n) is 4.94. The number of ether oxygens (including phenoxy) is 1. The molecule has 0 saturated carbocycles. The number of carbonyl (C=O) groups is 1. The number of rotatable bonds is 2. The number of fused-ring (bicyclic) bond motifs is 2. The maximum Gasteiger partial charge on any atom is 0.405 e. The summed E-state index contributed by atoms with van der Waals surface area (Å²) in [5, 5.41) is 1.12. The van der Waals surface area contributed by atoms with Gasteiger partial charge in [-0.25, -0.2) is 4.79 Å². The molecule has 0 saturated heterocycles. The van der Waals surface area contributed by atoms with Gasteiger partial charge in [0.25, 0.3) is 0 Å². The van der Waals surface area contributed by atoms with Gasteiger partial charge >= 0.3 is 6.09 Å². The molecular weight excluding hydrogens is 312 g/mol. The molecule has 0 fully saturated rings. The summed E-state index contributed by atoms with van der Waals surface area (Å²) in [5.41, 5.74) is 10.5. The second kappa shape index (κ2) is 5.59. The van der Waals surface area contributed by atoms with E-state index in [0.717, 1.165) is 34.0 Å². The van der Waals surface area contributed by atoms with Crippen LogP contribution in [0.15, 0.2) is 54.7 Å². The molecule has 4 nitrogen and oxygen atoms in total. The van der Waals surface area contributed by atoms with Gasteiger partial charge in [0.05, 0.1) is 5.52 Å². The monoisotopic (exact) mass is 332 g/mol. The molecular formula is C21H20N2O2. The van der Waals surface area contributed by atoms with Crippen LogP contribution in [0.2, 0.25) is 0 Å². The van der Waals surface area contributed by atoms with Crippen molar-refractivity contribution in [3.63, 3.8) is 0 Å². The van der Waals surface area contributed by atoms with E-state index in [1.54, 1.807) is 0 Å². The molecule has 3 aromatic rings. The highest BCUT2D eigenvalue weighted by molar-refractivity contribution is 5.83. The van der Waals surface area contributed by atoms with Crippen molar-refractivity contribution in [1.82, 2.24) is 4.98 Å². The van der Waals surface area contributed by atoms with Gasteiger partial charge in [0.2, 0.25) is 0 Å². The van der Waals surface area contributed by atoms with Crippen LogP contribution in [-0.4, -0.2) is 11.1 Å². The number of aromatic nitrogens is 1. The van der Waals surface area contributed by atoms with Gasteiger partial charge in [0.1, 0.15) is 6.10 Å². The van der Waals surface area contributed by atoms with Crippen LogP contribution in [0.5, 0.6) is 0 Å². The van der Waals surface area contributed by atoms with Gasteiger partial charge < -0.3 is 10.5 Å². The van der Waals surface area contributed by atoms with E-state index in [2.05, 4.69) is 43.1 Å². The second-order valence-electron chi connectivity index (χ2n) is 7.31. The summed E-state index contributed by atoms with van der Waals surface area (Å²) >= 11 is 0. The summed E-state index contributed by atoms with van der Waals surface area (Å²) in [7, 11) is 0. The number of primary amides is 1. The largest absolute Gasteiger partial charge is 0.441 e. The molecule has 1 aliphatic rings. The summed E-state index contributed by atoms with van der Waals surface area (Å²) in [6.07, 6.45) is 1.72. The van der Waals surface area contributed by atoms with Crippen molar-refractivity contribution < 1.29 is 9.53 Å². The fraction of sp³-hybridized carbons (Fsp3) is 0.238. The van der Waals surface area contributed by atoms with Crippen LogP contribution in [0, 0.1) is 5.41 Å². The van der Waals surface area contributed by atoms with Gasteiger partial charge in [-0.15, -0.1) is 0 Å². The molecule has 1 unspecified atom stereocenters. The molecule has 1 atom stereocenters. The molecule has 4 heteroatoms. The number of hydrogen-bond acceptors (Lipinski definition) is 3. The number of benzene rings is 2. The molecule has 1 heterocycles. The van der Waals surface area contributed by atoms with Crippen LogP contribution in [-0.2, 0) is 11.2 Å². The molecule has 1 aromatic heterocycles. The first-order valence-corrected chi connectivity index (χ1v) is 8.38. The summed E-state index contributed by atoms with van der Waals surface area (Å²) in [6.45, 7) is 4.19. The minimum atomic E-state index is -0.728. The Balaban J connectivity index is 1.75. The Bertz CT molecular complexity index is 979. The number of nitrogens with two attached hydrogens (primary N) is 1. The smallest absolute Gasteiger partial charge is 0.405 e. The van der Waals surface area contributed by atoms with Gasteiger partial charge in [0, 0.05) is 22.6 Å². The maximum absolute atomic E-state index is 11.3. The minimum absolute atomic E-state index is 0.169. The third kappa shape index (κ3) is 2.74. The van der Waals surface area contributed by atoms with Crippen LogP contribution in [0.4, 0.5) is 4.79 Å². The van der Waals surface area contributed by atoms with Crippen molar-refractivity contribution >= 4 is 17.0 Å². The average Bonchev–Trinajstić information content (AvgIpc) is 2.83. The highest BCUT2D eigenvalue weighted by atomic mass is 16.6. The SMILES string of the molecule is CC1(C)Cc2cc(-c3cnc4ccccc4c3)ccc2C1OC(N)=O. The number of amides is 1. The van der Waals surface area contributed by atoms with Crippen LogP contribution in [0.3, 0.4) is 0 Å². The van der Waals surface area contributed by atoms with E-state index in [-0.39, 0.29) is 11.5 Å². The van der Waals surface area contributed by atoms with Crippen molar-refractivity contribution in [3.05, 3.63) is 65.9 Å². The van der Waals surface area contributed by atoms with Crippen molar-refractivity contribution in [2.24, 2.45) is 11.1 Å². The highest BCUT2D eigenvalue weighted by Crippen LogP contribution is 2.48. The number of hydrogen-bond donors (Lipinski definition) is 1. The van der Waals surface area contributed by atoms with Gasteiger partial charge in [-0.2, -0.15) is 0 Å². The van der Waals surface area contributed by atoms with Gasteiger partial charge in [0.15, 0.2) is 0 Å². The van der Waals surface area contributed by atoms with Crippen molar-refractivity contribution in [1.29, 1.82) is 0 Å². The van der Waals surface area contributed by atoms with E-state index in [1.165, 1.54) is 5.56 Å². The normalized spacial score (nSPS) is 18.1. The van der Waals surface area contributed by atoms with Gasteiger partial charge in [-0.3, -0.25) is 4.98 Å².